The van der Waals surface area contributed by atoms with Crippen molar-refractivity contribution in [2.45, 2.75) is 45.1 Å². The van der Waals surface area contributed by atoms with Crippen LogP contribution < -0.4 is 0 Å². The van der Waals surface area contributed by atoms with Crippen molar-refractivity contribution in [1.29, 1.82) is 0 Å². The SMILES string of the molecule is CCCCCCCOC[C@H](O)CO. The van der Waals surface area contributed by atoms with E-state index in [4.69, 9.17) is 14.9 Å². The summed E-state index contributed by atoms with van der Waals surface area (Å²) in [4.78, 5) is 0. The highest BCUT2D eigenvalue weighted by atomic mass is 16.5. The average molecular weight is 190 g/mol. The zero-order valence-electron chi connectivity index (χ0n) is 8.54. The molecule has 3 nitrogen and oxygen atoms in total. The van der Waals surface area contributed by atoms with E-state index < -0.39 is 6.10 Å². The number of hydrogen-bond donors (Lipinski definition) is 2. The van der Waals surface area contributed by atoms with Crippen LogP contribution in [0.2, 0.25) is 0 Å². The minimum atomic E-state index is -0.712. The summed E-state index contributed by atoms with van der Waals surface area (Å²) in [7, 11) is 0. The van der Waals surface area contributed by atoms with E-state index in [9.17, 15) is 0 Å². The second-order valence-electron chi connectivity index (χ2n) is 3.33. The van der Waals surface area contributed by atoms with Gasteiger partial charge in [-0.2, -0.15) is 0 Å². The molecule has 0 aliphatic carbocycles. The lowest BCUT2D eigenvalue weighted by Crippen LogP contribution is -2.19. The van der Waals surface area contributed by atoms with E-state index in [0.717, 1.165) is 6.42 Å². The molecule has 0 spiro atoms. The molecular weight excluding hydrogens is 168 g/mol. The Labute approximate surface area is 80.7 Å². The van der Waals surface area contributed by atoms with Crippen LogP contribution in [0.15, 0.2) is 0 Å². The van der Waals surface area contributed by atoms with Gasteiger partial charge in [0.05, 0.1) is 13.2 Å². The summed E-state index contributed by atoms with van der Waals surface area (Å²) in [6.45, 7) is 2.93. The van der Waals surface area contributed by atoms with Crippen LogP contribution in [0.1, 0.15) is 39.0 Å². The molecule has 0 unspecified atom stereocenters. The van der Waals surface area contributed by atoms with Gasteiger partial charge >= 0.3 is 0 Å². The molecule has 0 bridgehead atoms. The van der Waals surface area contributed by atoms with E-state index in [1.807, 2.05) is 0 Å². The van der Waals surface area contributed by atoms with Crippen molar-refractivity contribution in [1.82, 2.24) is 0 Å². The van der Waals surface area contributed by atoms with Crippen LogP contribution in [0.25, 0.3) is 0 Å². The third kappa shape index (κ3) is 9.80. The van der Waals surface area contributed by atoms with Crippen LogP contribution in [-0.4, -0.2) is 36.1 Å². The fraction of sp³-hybridized carbons (Fsp3) is 1.00. The second kappa shape index (κ2) is 9.96. The fourth-order valence-electron chi connectivity index (χ4n) is 1.08. The number of aliphatic hydroxyl groups is 2. The summed E-state index contributed by atoms with van der Waals surface area (Å²) in [6, 6.07) is 0. The van der Waals surface area contributed by atoms with E-state index in [1.165, 1.54) is 25.7 Å². The number of aliphatic hydroxyl groups excluding tert-OH is 2. The Morgan fingerprint density at radius 1 is 1.15 bits per heavy atom. The molecule has 0 radical (unpaired) electrons. The van der Waals surface area contributed by atoms with Crippen molar-refractivity contribution in [3.05, 3.63) is 0 Å². The van der Waals surface area contributed by atoms with Crippen molar-refractivity contribution in [2.24, 2.45) is 0 Å². The molecule has 0 aromatic carbocycles. The van der Waals surface area contributed by atoms with E-state index in [-0.39, 0.29) is 13.2 Å². The highest BCUT2D eigenvalue weighted by molar-refractivity contribution is 4.49. The molecule has 0 saturated heterocycles. The fourth-order valence-corrected chi connectivity index (χ4v) is 1.08. The van der Waals surface area contributed by atoms with Crippen LogP contribution in [0.3, 0.4) is 0 Å². The second-order valence-corrected chi connectivity index (χ2v) is 3.33. The molecule has 0 aromatic rings. The maximum Gasteiger partial charge on any atom is 0.100 e. The number of unbranched alkanes of at least 4 members (excludes halogenated alkanes) is 4. The van der Waals surface area contributed by atoms with Gasteiger partial charge in [-0.3, -0.25) is 0 Å². The molecular formula is C10H22O3. The molecule has 13 heavy (non-hydrogen) atoms. The third-order valence-electron chi connectivity index (χ3n) is 1.91. The molecule has 80 valence electrons. The van der Waals surface area contributed by atoms with Gasteiger partial charge in [-0.1, -0.05) is 32.6 Å². The van der Waals surface area contributed by atoms with Gasteiger partial charge in [-0.05, 0) is 6.42 Å². The van der Waals surface area contributed by atoms with Crippen molar-refractivity contribution in [3.63, 3.8) is 0 Å². The van der Waals surface area contributed by atoms with Crippen LogP contribution >= 0.6 is 0 Å². The van der Waals surface area contributed by atoms with Gasteiger partial charge in [0.15, 0.2) is 0 Å². The Hall–Kier alpha value is -0.120. The molecule has 0 aliphatic heterocycles. The molecule has 2 N–H and O–H groups in total. The average Bonchev–Trinajstić information content (AvgIpc) is 2.16. The van der Waals surface area contributed by atoms with Crippen LogP contribution in [0.5, 0.6) is 0 Å². The first-order valence-corrected chi connectivity index (χ1v) is 5.18. The van der Waals surface area contributed by atoms with E-state index in [0.29, 0.717) is 6.61 Å². The predicted molar refractivity (Wildman–Crippen MR) is 52.7 cm³/mol. The first-order valence-electron chi connectivity index (χ1n) is 5.18. The van der Waals surface area contributed by atoms with Crippen LogP contribution in [0, 0.1) is 0 Å². The van der Waals surface area contributed by atoms with Gasteiger partial charge in [-0.25, -0.2) is 0 Å². The normalized spacial score (nSPS) is 13.2. The molecule has 0 aliphatic rings. The summed E-state index contributed by atoms with van der Waals surface area (Å²) in [5.41, 5.74) is 0. The van der Waals surface area contributed by atoms with Gasteiger partial charge in [0.2, 0.25) is 0 Å². The van der Waals surface area contributed by atoms with E-state index in [1.54, 1.807) is 0 Å². The summed E-state index contributed by atoms with van der Waals surface area (Å²) < 4.78 is 5.16. The molecule has 3 heteroatoms. The van der Waals surface area contributed by atoms with Gasteiger partial charge in [0.1, 0.15) is 6.10 Å². The molecule has 0 heterocycles. The minimum Gasteiger partial charge on any atom is -0.394 e. The Bertz CT molecular complexity index is 96.2. The van der Waals surface area contributed by atoms with E-state index in [2.05, 4.69) is 6.92 Å². The maximum absolute atomic E-state index is 8.92. The summed E-state index contributed by atoms with van der Waals surface area (Å²) in [5.74, 6) is 0. The largest absolute Gasteiger partial charge is 0.394 e. The van der Waals surface area contributed by atoms with Crippen LogP contribution in [0.4, 0.5) is 0 Å². The first-order chi connectivity index (χ1) is 6.31. The van der Waals surface area contributed by atoms with E-state index >= 15 is 0 Å². The summed E-state index contributed by atoms with van der Waals surface area (Å²) in [5, 5.41) is 17.4. The van der Waals surface area contributed by atoms with Gasteiger partial charge in [0.25, 0.3) is 0 Å². The molecule has 0 amide bonds. The quantitative estimate of drug-likeness (QED) is 0.539. The Morgan fingerprint density at radius 2 is 1.85 bits per heavy atom. The Kier molecular flexibility index (Phi) is 9.87. The zero-order chi connectivity index (χ0) is 9.94. The molecule has 0 aromatic heterocycles. The number of hydrogen-bond acceptors (Lipinski definition) is 3. The van der Waals surface area contributed by atoms with Crippen molar-refractivity contribution < 1.29 is 14.9 Å². The Morgan fingerprint density at radius 3 is 2.46 bits per heavy atom. The highest BCUT2D eigenvalue weighted by Gasteiger charge is 2.00. The summed E-state index contributed by atoms with van der Waals surface area (Å²) in [6.07, 6.45) is 5.35. The van der Waals surface area contributed by atoms with Crippen molar-refractivity contribution in [3.8, 4) is 0 Å². The van der Waals surface area contributed by atoms with Crippen molar-refractivity contribution >= 4 is 0 Å². The lowest BCUT2D eigenvalue weighted by molar-refractivity contribution is 0.00526. The van der Waals surface area contributed by atoms with Gasteiger partial charge < -0.3 is 14.9 Å². The molecule has 1 atom stereocenters. The molecule has 0 rings (SSSR count). The smallest absolute Gasteiger partial charge is 0.100 e. The zero-order valence-corrected chi connectivity index (χ0v) is 8.54. The lowest BCUT2D eigenvalue weighted by Gasteiger charge is -2.07. The van der Waals surface area contributed by atoms with Gasteiger partial charge in [0, 0.05) is 6.61 Å². The first kappa shape index (κ1) is 12.9. The number of rotatable bonds is 9. The highest BCUT2D eigenvalue weighted by Crippen LogP contribution is 2.02. The Balaban J connectivity index is 2.91. The minimum absolute atomic E-state index is 0.212. The van der Waals surface area contributed by atoms with Crippen LogP contribution in [-0.2, 0) is 4.74 Å². The standard InChI is InChI=1S/C10H22O3/c1-2-3-4-5-6-7-13-9-10(12)8-11/h10-12H,2-9H2,1H3/t10-/m1/s1. The summed E-state index contributed by atoms with van der Waals surface area (Å²) >= 11 is 0. The van der Waals surface area contributed by atoms with Gasteiger partial charge in [-0.15, -0.1) is 0 Å². The third-order valence-corrected chi connectivity index (χ3v) is 1.91. The monoisotopic (exact) mass is 190 g/mol. The predicted octanol–water partition coefficient (Wildman–Crippen LogP) is 1.33. The lowest BCUT2D eigenvalue weighted by atomic mass is 10.2. The number of ether oxygens (including phenoxy) is 1. The topological polar surface area (TPSA) is 49.7 Å². The molecule has 0 saturated carbocycles. The molecule has 0 fully saturated rings. The van der Waals surface area contributed by atoms with Crippen molar-refractivity contribution in [2.75, 3.05) is 19.8 Å². The maximum atomic E-state index is 8.92.